The second-order valence-corrected chi connectivity index (χ2v) is 9.13. The fraction of sp³-hybridized carbons (Fsp3) is 0.333. The van der Waals surface area contributed by atoms with E-state index in [1.165, 1.54) is 26.0 Å². The highest BCUT2D eigenvalue weighted by molar-refractivity contribution is 5.99. The molecule has 0 saturated heterocycles. The standard InChI is InChI=1S/C24H19F6N5O3/c1-22(2,11-31)21-34-33-19(37-21)14-7-18-15(8-16(14)25)23(26,27)9-17(32)20(36)35(18)10-12-3-5-13(6-4-12)38-24(28,29)30/h3-8,17H,9-10,32H2,1-2H3/t17-/m0/s1. The molecule has 2 aromatic carbocycles. The molecular formula is C24H19F6N5O3. The maximum Gasteiger partial charge on any atom is 0.573 e. The van der Waals surface area contributed by atoms with Crippen LogP contribution in [0.1, 0.15) is 37.3 Å². The van der Waals surface area contributed by atoms with Crippen molar-refractivity contribution in [2.24, 2.45) is 5.73 Å². The van der Waals surface area contributed by atoms with Crippen LogP contribution in [0.3, 0.4) is 0 Å². The van der Waals surface area contributed by atoms with Crippen LogP contribution in [0.2, 0.25) is 0 Å². The van der Waals surface area contributed by atoms with Crippen LogP contribution in [0.5, 0.6) is 5.75 Å². The Balaban J connectivity index is 1.79. The normalized spacial score (nSPS) is 17.5. The van der Waals surface area contributed by atoms with Crippen molar-refractivity contribution in [3.8, 4) is 23.3 Å². The molecule has 14 heteroatoms. The smallest absolute Gasteiger partial charge is 0.419 e. The first-order valence-corrected chi connectivity index (χ1v) is 11.0. The largest absolute Gasteiger partial charge is 0.573 e. The molecule has 200 valence electrons. The van der Waals surface area contributed by atoms with Gasteiger partial charge in [-0.1, -0.05) is 12.1 Å². The lowest BCUT2D eigenvalue weighted by Gasteiger charge is -2.25. The fourth-order valence-electron chi connectivity index (χ4n) is 3.81. The Kier molecular flexibility index (Phi) is 6.60. The molecule has 1 amide bonds. The van der Waals surface area contributed by atoms with Crippen LogP contribution in [-0.2, 0) is 22.7 Å². The number of nitrogens with two attached hydrogens (primary N) is 1. The SMILES string of the molecule is CC(C)(C#N)c1nnc(-c2cc3c(cc2F)C(F)(F)C[C@H](N)C(=O)N3Cc2ccc(OC(F)(F)F)cc2)o1. The van der Waals surface area contributed by atoms with Crippen molar-refractivity contribution in [3.05, 3.63) is 59.2 Å². The quantitative estimate of drug-likeness (QED) is 0.457. The molecule has 3 aromatic rings. The maximum atomic E-state index is 15.1. The second kappa shape index (κ2) is 9.32. The number of alkyl halides is 5. The molecule has 0 radical (unpaired) electrons. The van der Waals surface area contributed by atoms with Crippen molar-refractivity contribution >= 4 is 11.6 Å². The van der Waals surface area contributed by atoms with E-state index < -0.39 is 70.3 Å². The Morgan fingerprint density at radius 1 is 1.21 bits per heavy atom. The molecule has 4 rings (SSSR count). The van der Waals surface area contributed by atoms with E-state index in [2.05, 4.69) is 14.9 Å². The van der Waals surface area contributed by atoms with Gasteiger partial charge in [-0.3, -0.25) is 4.79 Å². The Labute approximate surface area is 211 Å². The van der Waals surface area contributed by atoms with Crippen molar-refractivity contribution < 1.29 is 40.3 Å². The first-order valence-electron chi connectivity index (χ1n) is 11.0. The number of halogens is 6. The number of fused-ring (bicyclic) bond motifs is 1. The topological polar surface area (TPSA) is 118 Å². The Morgan fingerprint density at radius 2 is 1.87 bits per heavy atom. The van der Waals surface area contributed by atoms with Gasteiger partial charge in [0.1, 0.15) is 17.0 Å². The average molecular weight is 539 g/mol. The van der Waals surface area contributed by atoms with E-state index >= 15 is 13.2 Å². The van der Waals surface area contributed by atoms with E-state index in [1.807, 2.05) is 6.07 Å². The van der Waals surface area contributed by atoms with Crippen molar-refractivity contribution in [1.82, 2.24) is 10.2 Å². The molecule has 0 aliphatic carbocycles. The lowest BCUT2D eigenvalue weighted by Crippen LogP contribution is -2.43. The lowest BCUT2D eigenvalue weighted by molar-refractivity contribution is -0.274. The summed E-state index contributed by atoms with van der Waals surface area (Å²) in [6, 6.07) is 6.16. The third-order valence-corrected chi connectivity index (χ3v) is 5.80. The van der Waals surface area contributed by atoms with Gasteiger partial charge >= 0.3 is 6.36 Å². The molecule has 1 aliphatic rings. The molecule has 0 bridgehead atoms. The van der Waals surface area contributed by atoms with Crippen molar-refractivity contribution in [2.45, 2.75) is 50.6 Å². The highest BCUT2D eigenvalue weighted by atomic mass is 19.4. The molecule has 2 N–H and O–H groups in total. The number of ether oxygens (including phenoxy) is 1. The summed E-state index contributed by atoms with van der Waals surface area (Å²) in [5.41, 5.74) is 3.13. The van der Waals surface area contributed by atoms with Gasteiger partial charge in [0.05, 0.1) is 29.9 Å². The van der Waals surface area contributed by atoms with Crippen molar-refractivity contribution in [2.75, 3.05) is 4.90 Å². The number of hydrogen-bond acceptors (Lipinski definition) is 7. The van der Waals surface area contributed by atoms with Gasteiger partial charge in [0.2, 0.25) is 11.8 Å². The molecule has 0 saturated carbocycles. The summed E-state index contributed by atoms with van der Waals surface area (Å²) in [4.78, 5) is 14.0. The maximum absolute atomic E-state index is 15.1. The van der Waals surface area contributed by atoms with Crippen LogP contribution >= 0.6 is 0 Å². The van der Waals surface area contributed by atoms with Crippen LogP contribution in [0, 0.1) is 17.1 Å². The number of carbonyl (C=O) groups is 1. The Bertz CT molecular complexity index is 1410. The predicted octanol–water partition coefficient (Wildman–Crippen LogP) is 4.93. The number of aromatic nitrogens is 2. The highest BCUT2D eigenvalue weighted by Crippen LogP contribution is 2.45. The van der Waals surface area contributed by atoms with Gasteiger partial charge in [-0.2, -0.15) is 5.26 Å². The highest BCUT2D eigenvalue weighted by Gasteiger charge is 2.45. The minimum Gasteiger partial charge on any atom is -0.419 e. The number of benzene rings is 2. The summed E-state index contributed by atoms with van der Waals surface area (Å²) in [7, 11) is 0. The molecule has 8 nitrogen and oxygen atoms in total. The monoisotopic (exact) mass is 539 g/mol. The zero-order chi connectivity index (χ0) is 28.0. The van der Waals surface area contributed by atoms with Gasteiger partial charge in [0, 0.05) is 12.0 Å². The minimum atomic E-state index is -4.92. The summed E-state index contributed by atoms with van der Waals surface area (Å²) in [5, 5.41) is 16.7. The Morgan fingerprint density at radius 3 is 2.47 bits per heavy atom. The van der Waals surface area contributed by atoms with Crippen LogP contribution in [0.25, 0.3) is 11.5 Å². The van der Waals surface area contributed by atoms with E-state index in [9.17, 15) is 23.2 Å². The van der Waals surface area contributed by atoms with Gasteiger partial charge in [0.25, 0.3) is 11.8 Å². The Hall–Kier alpha value is -4.12. The summed E-state index contributed by atoms with van der Waals surface area (Å²) >= 11 is 0. The molecule has 0 unspecified atom stereocenters. The van der Waals surface area contributed by atoms with Crippen LogP contribution in [0.15, 0.2) is 40.8 Å². The van der Waals surface area contributed by atoms with E-state index in [0.29, 0.717) is 6.07 Å². The predicted molar refractivity (Wildman–Crippen MR) is 119 cm³/mol. The van der Waals surface area contributed by atoms with Crippen LogP contribution in [0.4, 0.5) is 32.0 Å². The number of nitrogens with zero attached hydrogens (tertiary/aromatic N) is 4. The molecular weight excluding hydrogens is 520 g/mol. The number of hydrogen-bond donors (Lipinski definition) is 1. The van der Waals surface area contributed by atoms with E-state index in [-0.39, 0.29) is 18.0 Å². The van der Waals surface area contributed by atoms with Gasteiger partial charge in [-0.25, -0.2) is 13.2 Å². The number of carbonyl (C=O) groups excluding carboxylic acids is 1. The molecule has 1 atom stereocenters. The molecule has 0 fully saturated rings. The lowest BCUT2D eigenvalue weighted by atomic mass is 9.96. The minimum absolute atomic E-state index is 0.147. The fourth-order valence-corrected chi connectivity index (χ4v) is 3.81. The van der Waals surface area contributed by atoms with Gasteiger partial charge < -0.3 is 19.8 Å². The van der Waals surface area contributed by atoms with Gasteiger partial charge in [0.15, 0.2) is 0 Å². The summed E-state index contributed by atoms with van der Waals surface area (Å²) < 4.78 is 91.9. The molecule has 1 aliphatic heterocycles. The molecule has 1 aromatic heterocycles. The molecule has 38 heavy (non-hydrogen) atoms. The average Bonchev–Trinajstić information content (AvgIpc) is 3.31. The van der Waals surface area contributed by atoms with Crippen molar-refractivity contribution in [3.63, 3.8) is 0 Å². The summed E-state index contributed by atoms with van der Waals surface area (Å²) in [5.74, 6) is -6.86. The number of rotatable bonds is 5. The first-order chi connectivity index (χ1) is 17.6. The van der Waals surface area contributed by atoms with Crippen LogP contribution in [-0.4, -0.2) is 28.5 Å². The van der Waals surface area contributed by atoms with E-state index in [1.54, 1.807) is 0 Å². The second-order valence-electron chi connectivity index (χ2n) is 9.13. The van der Waals surface area contributed by atoms with E-state index in [4.69, 9.17) is 10.2 Å². The third kappa shape index (κ3) is 5.28. The van der Waals surface area contributed by atoms with Crippen LogP contribution < -0.4 is 15.4 Å². The first kappa shape index (κ1) is 26.9. The number of amides is 1. The third-order valence-electron chi connectivity index (χ3n) is 5.80. The number of nitriles is 1. The summed E-state index contributed by atoms with van der Waals surface area (Å²) in [6.45, 7) is 2.57. The number of anilines is 1. The zero-order valence-electron chi connectivity index (χ0n) is 19.8. The molecule has 0 spiro atoms. The van der Waals surface area contributed by atoms with E-state index in [0.717, 1.165) is 23.1 Å². The van der Waals surface area contributed by atoms with Gasteiger partial charge in [-0.15, -0.1) is 23.4 Å². The van der Waals surface area contributed by atoms with Gasteiger partial charge in [-0.05, 0) is 43.7 Å². The summed E-state index contributed by atoms with van der Waals surface area (Å²) in [6.07, 6.45) is -6.02. The molecule has 2 heterocycles. The van der Waals surface area contributed by atoms with Crippen molar-refractivity contribution in [1.29, 1.82) is 5.26 Å². The zero-order valence-corrected chi connectivity index (χ0v) is 19.8.